The van der Waals surface area contributed by atoms with Gasteiger partial charge in [0, 0.05) is 10.8 Å². The van der Waals surface area contributed by atoms with E-state index in [-0.39, 0.29) is 6.42 Å². The van der Waals surface area contributed by atoms with E-state index < -0.39 is 5.97 Å². The van der Waals surface area contributed by atoms with Crippen LogP contribution in [0.1, 0.15) is 39.0 Å². The van der Waals surface area contributed by atoms with Gasteiger partial charge in [0.15, 0.2) is 0 Å². The van der Waals surface area contributed by atoms with Crippen molar-refractivity contribution in [2.75, 3.05) is 0 Å². The van der Waals surface area contributed by atoms with Gasteiger partial charge in [0.1, 0.15) is 0 Å². The van der Waals surface area contributed by atoms with Gasteiger partial charge in [0.05, 0.1) is 17.1 Å². The Morgan fingerprint density at radius 2 is 2.15 bits per heavy atom. The summed E-state index contributed by atoms with van der Waals surface area (Å²) in [6.45, 7) is 1.91. The molecule has 0 fully saturated rings. The van der Waals surface area contributed by atoms with Crippen LogP contribution in [0.4, 0.5) is 0 Å². The van der Waals surface area contributed by atoms with Crippen LogP contribution in [0.2, 0.25) is 0 Å². The summed E-state index contributed by atoms with van der Waals surface area (Å²) < 4.78 is 0. The number of aryl methyl sites for hydroxylation is 2. The van der Waals surface area contributed by atoms with Gasteiger partial charge in [-0.15, -0.1) is 11.3 Å². The van der Waals surface area contributed by atoms with Crippen molar-refractivity contribution >= 4 is 17.3 Å². The number of hydrogen-bond acceptors (Lipinski definition) is 3. The molecule has 1 aromatic heterocycles. The molecule has 1 aliphatic rings. The second-order valence-corrected chi connectivity index (χ2v) is 6.45. The molecule has 0 aliphatic heterocycles. The molecule has 0 radical (unpaired) electrons. The van der Waals surface area contributed by atoms with Gasteiger partial charge in [-0.25, -0.2) is 4.98 Å². The molecule has 0 bridgehead atoms. The zero-order valence-corrected chi connectivity index (χ0v) is 12.2. The third kappa shape index (κ3) is 2.61. The third-order valence-electron chi connectivity index (χ3n) is 3.92. The molecule has 1 atom stereocenters. The summed E-state index contributed by atoms with van der Waals surface area (Å²) in [6, 6.07) is 8.58. The van der Waals surface area contributed by atoms with Crippen molar-refractivity contribution in [3.63, 3.8) is 0 Å². The van der Waals surface area contributed by atoms with Crippen molar-refractivity contribution in [3.8, 4) is 0 Å². The maximum Gasteiger partial charge on any atom is 0.308 e. The van der Waals surface area contributed by atoms with E-state index >= 15 is 0 Å². The van der Waals surface area contributed by atoms with Gasteiger partial charge in [-0.05, 0) is 37.3 Å². The van der Waals surface area contributed by atoms with E-state index in [9.17, 15) is 4.79 Å². The van der Waals surface area contributed by atoms with Crippen LogP contribution < -0.4 is 0 Å². The molecule has 4 heteroatoms. The zero-order chi connectivity index (χ0) is 14.1. The number of nitrogens with zero attached hydrogens (tertiary/aromatic N) is 1. The Morgan fingerprint density at radius 3 is 2.90 bits per heavy atom. The molecule has 104 valence electrons. The molecule has 0 saturated carbocycles. The first-order chi connectivity index (χ1) is 9.63. The molecule has 0 amide bonds. The predicted octanol–water partition coefficient (Wildman–Crippen LogP) is 3.35. The highest BCUT2D eigenvalue weighted by Crippen LogP contribution is 2.35. The number of aromatic nitrogens is 1. The fourth-order valence-electron chi connectivity index (χ4n) is 2.84. The highest BCUT2D eigenvalue weighted by Gasteiger charge is 2.23. The van der Waals surface area contributed by atoms with Gasteiger partial charge in [0.25, 0.3) is 0 Å². The van der Waals surface area contributed by atoms with Crippen LogP contribution >= 0.6 is 11.3 Å². The van der Waals surface area contributed by atoms with Crippen molar-refractivity contribution < 1.29 is 9.90 Å². The van der Waals surface area contributed by atoms with Crippen LogP contribution in [-0.2, 0) is 24.1 Å². The Labute approximate surface area is 122 Å². The molecule has 3 rings (SSSR count). The molecule has 1 N–H and O–H groups in total. The molecule has 2 aromatic rings. The lowest BCUT2D eigenvalue weighted by Crippen LogP contribution is -2.12. The summed E-state index contributed by atoms with van der Waals surface area (Å²) in [5.41, 5.74) is 3.74. The molecule has 1 aliphatic carbocycles. The van der Waals surface area contributed by atoms with E-state index in [0.717, 1.165) is 34.8 Å². The maximum absolute atomic E-state index is 10.8. The number of rotatable bonds is 3. The molecule has 0 saturated heterocycles. The second-order valence-electron chi connectivity index (χ2n) is 5.34. The SMILES string of the molecule is Cc1nc(C2CCc3ccccc3C2)sc1CC(=O)O. The maximum atomic E-state index is 10.8. The van der Waals surface area contributed by atoms with Gasteiger partial charge in [-0.3, -0.25) is 4.79 Å². The van der Waals surface area contributed by atoms with Gasteiger partial charge in [-0.1, -0.05) is 24.3 Å². The van der Waals surface area contributed by atoms with E-state index in [2.05, 4.69) is 29.2 Å². The van der Waals surface area contributed by atoms with Crippen LogP contribution in [-0.4, -0.2) is 16.1 Å². The largest absolute Gasteiger partial charge is 0.481 e. The van der Waals surface area contributed by atoms with Crippen LogP contribution in [0.15, 0.2) is 24.3 Å². The highest BCUT2D eigenvalue weighted by molar-refractivity contribution is 7.11. The Bertz CT molecular complexity index is 648. The normalized spacial score (nSPS) is 17.8. The summed E-state index contributed by atoms with van der Waals surface area (Å²) in [5, 5.41) is 10.0. The molecule has 3 nitrogen and oxygen atoms in total. The highest BCUT2D eigenvalue weighted by atomic mass is 32.1. The number of carboxylic acids is 1. The smallest absolute Gasteiger partial charge is 0.308 e. The van der Waals surface area contributed by atoms with E-state index in [4.69, 9.17) is 5.11 Å². The number of carbonyl (C=O) groups is 1. The molecule has 1 unspecified atom stereocenters. The Kier molecular flexibility index (Phi) is 3.57. The third-order valence-corrected chi connectivity index (χ3v) is 5.24. The summed E-state index contributed by atoms with van der Waals surface area (Å²) in [5.74, 6) is -0.339. The number of thiazole rings is 1. The first-order valence-electron chi connectivity index (χ1n) is 6.88. The summed E-state index contributed by atoms with van der Waals surface area (Å²) >= 11 is 1.58. The van der Waals surface area contributed by atoms with Crippen LogP contribution in [0.5, 0.6) is 0 Å². The van der Waals surface area contributed by atoms with E-state index in [0.29, 0.717) is 5.92 Å². The minimum absolute atomic E-state index is 0.0901. The molecule has 1 heterocycles. The number of carboxylic acid groups (broad SMARTS) is 1. The van der Waals surface area contributed by atoms with Crippen molar-refractivity contribution in [3.05, 3.63) is 51.0 Å². The average molecular weight is 287 g/mol. The first kappa shape index (κ1) is 13.3. The fourth-order valence-corrected chi connectivity index (χ4v) is 4.03. The van der Waals surface area contributed by atoms with Gasteiger partial charge in [0.2, 0.25) is 0 Å². The predicted molar refractivity (Wildman–Crippen MR) is 79.4 cm³/mol. The fraction of sp³-hybridized carbons (Fsp3) is 0.375. The molecule has 1 aromatic carbocycles. The summed E-state index contributed by atoms with van der Waals surface area (Å²) in [6.07, 6.45) is 3.31. The monoisotopic (exact) mass is 287 g/mol. The van der Waals surface area contributed by atoms with Crippen LogP contribution in [0, 0.1) is 6.92 Å². The summed E-state index contributed by atoms with van der Waals surface area (Å²) in [7, 11) is 0. The van der Waals surface area contributed by atoms with Crippen molar-refractivity contribution in [2.24, 2.45) is 0 Å². The quantitative estimate of drug-likeness (QED) is 0.941. The first-order valence-corrected chi connectivity index (χ1v) is 7.70. The van der Waals surface area contributed by atoms with Gasteiger partial charge < -0.3 is 5.11 Å². The van der Waals surface area contributed by atoms with Gasteiger partial charge in [-0.2, -0.15) is 0 Å². The molecular weight excluding hydrogens is 270 g/mol. The Morgan fingerprint density at radius 1 is 1.40 bits per heavy atom. The lowest BCUT2D eigenvalue weighted by atomic mass is 9.84. The Hall–Kier alpha value is -1.68. The van der Waals surface area contributed by atoms with E-state index in [1.165, 1.54) is 11.1 Å². The van der Waals surface area contributed by atoms with Crippen molar-refractivity contribution in [1.29, 1.82) is 0 Å². The minimum atomic E-state index is -0.780. The second kappa shape index (κ2) is 5.37. The summed E-state index contributed by atoms with van der Waals surface area (Å²) in [4.78, 5) is 16.4. The number of hydrogen-bond donors (Lipinski definition) is 1. The minimum Gasteiger partial charge on any atom is -0.481 e. The molecule has 20 heavy (non-hydrogen) atoms. The van der Waals surface area contributed by atoms with E-state index in [1.54, 1.807) is 11.3 Å². The Balaban J connectivity index is 1.83. The number of benzene rings is 1. The number of aliphatic carboxylic acids is 1. The van der Waals surface area contributed by atoms with Crippen molar-refractivity contribution in [1.82, 2.24) is 4.98 Å². The zero-order valence-electron chi connectivity index (χ0n) is 11.4. The molecule has 0 spiro atoms. The lowest BCUT2D eigenvalue weighted by molar-refractivity contribution is -0.136. The lowest BCUT2D eigenvalue weighted by Gasteiger charge is -2.22. The topological polar surface area (TPSA) is 50.2 Å². The standard InChI is InChI=1S/C16H17NO2S/c1-10-14(9-15(18)19)20-16(17-10)13-7-6-11-4-2-3-5-12(11)8-13/h2-5,13H,6-9H2,1H3,(H,18,19). The number of fused-ring (bicyclic) bond motifs is 1. The van der Waals surface area contributed by atoms with Crippen LogP contribution in [0.3, 0.4) is 0 Å². The van der Waals surface area contributed by atoms with Gasteiger partial charge >= 0.3 is 5.97 Å². The van der Waals surface area contributed by atoms with E-state index in [1.807, 2.05) is 6.92 Å². The van der Waals surface area contributed by atoms with Crippen molar-refractivity contribution in [2.45, 2.75) is 38.5 Å². The van der Waals surface area contributed by atoms with Crippen LogP contribution in [0.25, 0.3) is 0 Å². The molecular formula is C16H17NO2S. The average Bonchev–Trinajstić information content (AvgIpc) is 2.79.